The maximum atomic E-state index is 12.4. The number of fused-ring (bicyclic) bond motifs is 1. The summed E-state index contributed by atoms with van der Waals surface area (Å²) < 4.78 is 0. The summed E-state index contributed by atoms with van der Waals surface area (Å²) in [7, 11) is 1.96. The van der Waals surface area contributed by atoms with Crippen LogP contribution in [0.4, 0.5) is 0 Å². The standard InChI is InChI=1S/C15H20N4O/c1-16-11-5-4-8-19(10-11)15(20)9-14-12-6-2-3-7-13(12)17-18-14/h2-3,6-7,11,16H,4-5,8-10H2,1H3,(H,17,18). The van der Waals surface area contributed by atoms with Crippen molar-refractivity contribution in [2.45, 2.75) is 25.3 Å². The van der Waals surface area contributed by atoms with E-state index >= 15 is 0 Å². The van der Waals surface area contributed by atoms with Crippen molar-refractivity contribution in [1.82, 2.24) is 20.4 Å². The van der Waals surface area contributed by atoms with Crippen LogP contribution in [0.25, 0.3) is 10.9 Å². The van der Waals surface area contributed by atoms with Crippen molar-refractivity contribution in [3.8, 4) is 0 Å². The Morgan fingerprint density at radius 1 is 1.50 bits per heavy atom. The molecule has 0 radical (unpaired) electrons. The smallest absolute Gasteiger partial charge is 0.228 e. The molecule has 0 spiro atoms. The highest BCUT2D eigenvalue weighted by Gasteiger charge is 2.23. The van der Waals surface area contributed by atoms with Crippen LogP contribution in [-0.4, -0.2) is 47.2 Å². The Morgan fingerprint density at radius 2 is 2.35 bits per heavy atom. The van der Waals surface area contributed by atoms with Crippen molar-refractivity contribution < 1.29 is 4.79 Å². The maximum absolute atomic E-state index is 12.4. The molecule has 2 N–H and O–H groups in total. The molecule has 20 heavy (non-hydrogen) atoms. The summed E-state index contributed by atoms with van der Waals surface area (Å²) in [6, 6.07) is 8.32. The number of hydrogen-bond donors (Lipinski definition) is 2. The van der Waals surface area contributed by atoms with Gasteiger partial charge >= 0.3 is 0 Å². The van der Waals surface area contributed by atoms with Crippen LogP contribution in [0.5, 0.6) is 0 Å². The van der Waals surface area contributed by atoms with Crippen molar-refractivity contribution in [2.24, 2.45) is 0 Å². The molecule has 0 aliphatic carbocycles. The number of amides is 1. The van der Waals surface area contributed by atoms with Crippen LogP contribution < -0.4 is 5.32 Å². The molecule has 1 saturated heterocycles. The molecule has 0 saturated carbocycles. The van der Waals surface area contributed by atoms with Crippen LogP contribution in [0, 0.1) is 0 Å². The van der Waals surface area contributed by atoms with Crippen molar-refractivity contribution in [3.63, 3.8) is 0 Å². The molecule has 2 heterocycles. The second-order valence-electron chi connectivity index (χ2n) is 5.36. The number of H-pyrrole nitrogens is 1. The molecule has 0 bridgehead atoms. The van der Waals surface area contributed by atoms with Crippen molar-refractivity contribution in [1.29, 1.82) is 0 Å². The number of likely N-dealkylation sites (tertiary alicyclic amines) is 1. The normalized spacial score (nSPS) is 19.4. The molecule has 1 aromatic carbocycles. The monoisotopic (exact) mass is 272 g/mol. The summed E-state index contributed by atoms with van der Waals surface area (Å²) in [4.78, 5) is 14.4. The van der Waals surface area contributed by atoms with Gasteiger partial charge in [0.15, 0.2) is 0 Å². The zero-order chi connectivity index (χ0) is 13.9. The van der Waals surface area contributed by atoms with Gasteiger partial charge in [0.25, 0.3) is 0 Å². The lowest BCUT2D eigenvalue weighted by molar-refractivity contribution is -0.131. The fraction of sp³-hybridized carbons (Fsp3) is 0.467. The summed E-state index contributed by atoms with van der Waals surface area (Å²) in [5.74, 6) is 0.180. The highest BCUT2D eigenvalue weighted by atomic mass is 16.2. The quantitative estimate of drug-likeness (QED) is 0.886. The minimum absolute atomic E-state index is 0.180. The van der Waals surface area contributed by atoms with Crippen LogP contribution in [0.3, 0.4) is 0 Å². The number of nitrogens with one attached hydrogen (secondary N) is 2. The zero-order valence-electron chi connectivity index (χ0n) is 11.7. The van der Waals surface area contributed by atoms with E-state index in [0.29, 0.717) is 12.5 Å². The van der Waals surface area contributed by atoms with E-state index in [1.807, 2.05) is 36.2 Å². The van der Waals surface area contributed by atoms with E-state index in [4.69, 9.17) is 0 Å². The average molecular weight is 272 g/mol. The average Bonchev–Trinajstić information content (AvgIpc) is 2.90. The Hall–Kier alpha value is -1.88. The molecule has 106 valence electrons. The second-order valence-corrected chi connectivity index (χ2v) is 5.36. The van der Waals surface area contributed by atoms with E-state index in [0.717, 1.165) is 42.5 Å². The van der Waals surface area contributed by atoms with Crippen LogP contribution in [0.2, 0.25) is 0 Å². The molecular formula is C15H20N4O. The Kier molecular flexibility index (Phi) is 3.69. The predicted octanol–water partition coefficient (Wildman–Crippen LogP) is 1.32. The molecule has 1 fully saturated rings. The van der Waals surface area contributed by atoms with Crippen LogP contribution >= 0.6 is 0 Å². The lowest BCUT2D eigenvalue weighted by Crippen LogP contribution is -2.47. The number of piperidine rings is 1. The summed E-state index contributed by atoms with van der Waals surface area (Å²) in [6.45, 7) is 1.67. The number of aromatic nitrogens is 2. The van der Waals surface area contributed by atoms with Gasteiger partial charge in [0.05, 0.1) is 17.6 Å². The first-order valence-corrected chi connectivity index (χ1v) is 7.15. The largest absolute Gasteiger partial charge is 0.341 e. The first-order chi connectivity index (χ1) is 9.78. The number of nitrogens with zero attached hydrogens (tertiary/aromatic N) is 2. The number of benzene rings is 1. The first kappa shape index (κ1) is 13.1. The van der Waals surface area contributed by atoms with Crippen molar-refractivity contribution in [2.75, 3.05) is 20.1 Å². The van der Waals surface area contributed by atoms with Gasteiger partial charge in [-0.25, -0.2) is 0 Å². The molecule has 1 aromatic heterocycles. The molecule has 2 aromatic rings. The maximum Gasteiger partial charge on any atom is 0.228 e. The topological polar surface area (TPSA) is 61.0 Å². The number of hydrogen-bond acceptors (Lipinski definition) is 3. The van der Waals surface area contributed by atoms with Gasteiger partial charge in [-0.15, -0.1) is 0 Å². The summed E-state index contributed by atoms with van der Waals surface area (Å²) in [5, 5.41) is 11.5. The molecule has 1 aliphatic heterocycles. The Bertz CT molecular complexity index is 607. The molecule has 5 heteroatoms. The Balaban J connectivity index is 1.72. The fourth-order valence-corrected chi connectivity index (χ4v) is 2.85. The Labute approximate surface area is 118 Å². The van der Waals surface area contributed by atoms with Gasteiger partial charge < -0.3 is 10.2 Å². The van der Waals surface area contributed by atoms with E-state index in [-0.39, 0.29) is 5.91 Å². The van der Waals surface area contributed by atoms with E-state index in [1.165, 1.54) is 0 Å². The van der Waals surface area contributed by atoms with Gasteiger partial charge in [-0.2, -0.15) is 5.10 Å². The van der Waals surface area contributed by atoms with E-state index in [2.05, 4.69) is 15.5 Å². The van der Waals surface area contributed by atoms with E-state index < -0.39 is 0 Å². The van der Waals surface area contributed by atoms with Gasteiger partial charge in [0.2, 0.25) is 5.91 Å². The zero-order valence-corrected chi connectivity index (χ0v) is 11.7. The third-order valence-electron chi connectivity index (χ3n) is 4.05. The van der Waals surface area contributed by atoms with E-state index in [9.17, 15) is 4.79 Å². The number of carbonyl (C=O) groups is 1. The third-order valence-corrected chi connectivity index (χ3v) is 4.05. The highest BCUT2D eigenvalue weighted by Crippen LogP contribution is 2.17. The number of carbonyl (C=O) groups excluding carboxylic acids is 1. The van der Waals surface area contributed by atoms with E-state index in [1.54, 1.807) is 0 Å². The minimum atomic E-state index is 0.180. The van der Waals surface area contributed by atoms with Gasteiger partial charge in [-0.1, -0.05) is 18.2 Å². The molecular weight excluding hydrogens is 252 g/mol. The number of likely N-dealkylation sites (N-methyl/N-ethyl adjacent to an activating group) is 1. The minimum Gasteiger partial charge on any atom is -0.341 e. The third kappa shape index (κ3) is 2.54. The van der Waals surface area contributed by atoms with Crippen LogP contribution in [-0.2, 0) is 11.2 Å². The molecule has 5 nitrogen and oxygen atoms in total. The molecule has 3 rings (SSSR count). The predicted molar refractivity (Wildman–Crippen MR) is 78.5 cm³/mol. The Morgan fingerprint density at radius 3 is 3.20 bits per heavy atom. The van der Waals surface area contributed by atoms with Crippen molar-refractivity contribution >= 4 is 16.8 Å². The van der Waals surface area contributed by atoms with Crippen molar-refractivity contribution in [3.05, 3.63) is 30.0 Å². The summed E-state index contributed by atoms with van der Waals surface area (Å²) >= 11 is 0. The van der Waals surface area contributed by atoms with Gasteiger partial charge in [-0.05, 0) is 26.0 Å². The highest BCUT2D eigenvalue weighted by molar-refractivity contribution is 5.87. The van der Waals surface area contributed by atoms with Gasteiger partial charge in [-0.3, -0.25) is 9.89 Å². The van der Waals surface area contributed by atoms with Gasteiger partial charge in [0.1, 0.15) is 0 Å². The summed E-state index contributed by atoms with van der Waals surface area (Å²) in [6.07, 6.45) is 2.62. The molecule has 1 atom stereocenters. The number of para-hydroxylation sites is 1. The fourth-order valence-electron chi connectivity index (χ4n) is 2.85. The van der Waals surface area contributed by atoms with Crippen LogP contribution in [0.15, 0.2) is 24.3 Å². The molecule has 1 amide bonds. The lowest BCUT2D eigenvalue weighted by Gasteiger charge is -2.32. The summed E-state index contributed by atoms with van der Waals surface area (Å²) in [5.41, 5.74) is 1.83. The molecule has 1 aliphatic rings. The number of aromatic amines is 1. The first-order valence-electron chi connectivity index (χ1n) is 7.15. The second kappa shape index (κ2) is 5.63. The lowest BCUT2D eigenvalue weighted by atomic mass is 10.0. The van der Waals surface area contributed by atoms with Gasteiger partial charge in [0, 0.05) is 24.5 Å². The number of rotatable bonds is 3. The van der Waals surface area contributed by atoms with Crippen LogP contribution in [0.1, 0.15) is 18.5 Å². The molecule has 1 unspecified atom stereocenters. The SMILES string of the molecule is CNC1CCCN(C(=O)Cc2[nH]nc3ccccc23)C1.